The van der Waals surface area contributed by atoms with Crippen molar-refractivity contribution in [3.63, 3.8) is 0 Å². The van der Waals surface area contributed by atoms with Crippen molar-refractivity contribution in [1.29, 1.82) is 0 Å². The molecule has 1 amide bonds. The quantitative estimate of drug-likeness (QED) is 0.758. The van der Waals surface area contributed by atoms with Crippen LogP contribution in [0.25, 0.3) is 10.9 Å². The highest BCUT2D eigenvalue weighted by Gasteiger charge is 2.31. The maximum Gasteiger partial charge on any atom is 0.222 e. The van der Waals surface area contributed by atoms with E-state index in [1.165, 1.54) is 5.56 Å². The number of nitrogens with zero attached hydrogens (tertiary/aromatic N) is 3. The highest BCUT2D eigenvalue weighted by Crippen LogP contribution is 2.36. The third kappa shape index (κ3) is 4.18. The van der Waals surface area contributed by atoms with Gasteiger partial charge in [-0.25, -0.2) is 0 Å². The van der Waals surface area contributed by atoms with Gasteiger partial charge >= 0.3 is 0 Å². The summed E-state index contributed by atoms with van der Waals surface area (Å²) in [5, 5.41) is 1.82. The van der Waals surface area contributed by atoms with Crippen LogP contribution in [0, 0.1) is 11.8 Å². The number of piperidine rings is 2. The SMILES string of the molecule is C[C@@H]1CC(c2ccc(Cl)c3ncccc23)CN(C(=O)CC2CCN(C)CC2)C1. The number of carbonyl (C=O) groups is 1. The van der Waals surface area contributed by atoms with E-state index in [2.05, 4.69) is 40.9 Å². The number of hydrogen-bond acceptors (Lipinski definition) is 3. The van der Waals surface area contributed by atoms with Crippen molar-refractivity contribution in [2.24, 2.45) is 11.8 Å². The average Bonchev–Trinajstić information content (AvgIpc) is 2.70. The summed E-state index contributed by atoms with van der Waals surface area (Å²) in [4.78, 5) is 22.0. The van der Waals surface area contributed by atoms with E-state index in [0.29, 0.717) is 35.1 Å². The minimum atomic E-state index is 0.336. The third-order valence-electron chi connectivity index (χ3n) is 6.51. The molecule has 0 bridgehead atoms. The van der Waals surface area contributed by atoms with Crippen LogP contribution in [-0.4, -0.2) is 53.9 Å². The van der Waals surface area contributed by atoms with E-state index in [9.17, 15) is 4.79 Å². The lowest BCUT2D eigenvalue weighted by atomic mass is 9.83. The van der Waals surface area contributed by atoms with Gasteiger partial charge in [0.1, 0.15) is 0 Å². The Morgan fingerprint density at radius 1 is 1.21 bits per heavy atom. The van der Waals surface area contributed by atoms with Gasteiger partial charge in [0.25, 0.3) is 0 Å². The van der Waals surface area contributed by atoms with Gasteiger partial charge in [-0.3, -0.25) is 9.78 Å². The first kappa shape index (κ1) is 19.7. The van der Waals surface area contributed by atoms with Crippen LogP contribution in [0.4, 0.5) is 0 Å². The molecule has 2 aliphatic rings. The summed E-state index contributed by atoms with van der Waals surface area (Å²) in [6.07, 6.45) is 5.88. The fourth-order valence-electron chi connectivity index (χ4n) is 4.94. The van der Waals surface area contributed by atoms with Crippen molar-refractivity contribution in [1.82, 2.24) is 14.8 Å². The van der Waals surface area contributed by atoms with Crippen LogP contribution in [0.3, 0.4) is 0 Å². The molecular weight excluding hydrogens is 370 g/mol. The molecule has 4 rings (SSSR count). The maximum absolute atomic E-state index is 13.1. The van der Waals surface area contributed by atoms with E-state index in [4.69, 9.17) is 11.6 Å². The molecule has 2 aromatic rings. The molecule has 5 heteroatoms. The summed E-state index contributed by atoms with van der Waals surface area (Å²) in [5.41, 5.74) is 2.14. The van der Waals surface area contributed by atoms with E-state index < -0.39 is 0 Å². The zero-order valence-corrected chi connectivity index (χ0v) is 17.7. The Bertz CT molecular complexity index is 847. The molecule has 1 unspecified atom stereocenters. The first-order valence-electron chi connectivity index (χ1n) is 10.5. The second-order valence-corrected chi connectivity index (χ2v) is 9.23. The first-order chi connectivity index (χ1) is 13.5. The molecule has 3 heterocycles. The van der Waals surface area contributed by atoms with E-state index in [1.807, 2.05) is 12.1 Å². The minimum absolute atomic E-state index is 0.336. The summed E-state index contributed by atoms with van der Waals surface area (Å²) in [5.74, 6) is 1.72. The molecule has 2 fully saturated rings. The maximum atomic E-state index is 13.1. The van der Waals surface area contributed by atoms with Crippen molar-refractivity contribution >= 4 is 28.4 Å². The Labute approximate surface area is 172 Å². The van der Waals surface area contributed by atoms with Gasteiger partial charge in [-0.2, -0.15) is 0 Å². The predicted octanol–water partition coefficient (Wildman–Crippen LogP) is 4.57. The summed E-state index contributed by atoms with van der Waals surface area (Å²) < 4.78 is 0. The van der Waals surface area contributed by atoms with Crippen LogP contribution in [0.5, 0.6) is 0 Å². The average molecular weight is 400 g/mol. The topological polar surface area (TPSA) is 36.4 Å². The Morgan fingerprint density at radius 2 is 2.00 bits per heavy atom. The van der Waals surface area contributed by atoms with Crippen LogP contribution in [-0.2, 0) is 4.79 Å². The highest BCUT2D eigenvalue weighted by atomic mass is 35.5. The number of halogens is 1. The zero-order valence-electron chi connectivity index (χ0n) is 16.9. The minimum Gasteiger partial charge on any atom is -0.342 e. The molecule has 2 aliphatic heterocycles. The molecule has 2 atom stereocenters. The van der Waals surface area contributed by atoms with Gasteiger partial charge in [0, 0.05) is 37.0 Å². The first-order valence-corrected chi connectivity index (χ1v) is 10.9. The lowest BCUT2D eigenvalue weighted by Gasteiger charge is -2.38. The van der Waals surface area contributed by atoms with E-state index in [0.717, 1.165) is 56.3 Å². The smallest absolute Gasteiger partial charge is 0.222 e. The van der Waals surface area contributed by atoms with Crippen molar-refractivity contribution in [2.75, 3.05) is 33.2 Å². The van der Waals surface area contributed by atoms with E-state index in [-0.39, 0.29) is 0 Å². The molecule has 0 N–H and O–H groups in total. The number of amides is 1. The molecule has 150 valence electrons. The van der Waals surface area contributed by atoms with Crippen molar-refractivity contribution in [3.05, 3.63) is 41.0 Å². The lowest BCUT2D eigenvalue weighted by Crippen LogP contribution is -2.43. The van der Waals surface area contributed by atoms with Crippen LogP contribution < -0.4 is 0 Å². The van der Waals surface area contributed by atoms with Gasteiger partial charge in [0.05, 0.1) is 10.5 Å². The lowest BCUT2D eigenvalue weighted by molar-refractivity contribution is -0.134. The van der Waals surface area contributed by atoms with Gasteiger partial charge in [-0.1, -0.05) is 30.7 Å². The fraction of sp³-hybridized carbons (Fsp3) is 0.565. The number of pyridine rings is 1. The summed E-state index contributed by atoms with van der Waals surface area (Å²) in [6.45, 7) is 6.17. The van der Waals surface area contributed by atoms with Gasteiger partial charge in [-0.05, 0) is 68.9 Å². The summed E-state index contributed by atoms with van der Waals surface area (Å²) >= 11 is 6.36. The van der Waals surface area contributed by atoms with Crippen molar-refractivity contribution in [3.8, 4) is 0 Å². The largest absolute Gasteiger partial charge is 0.342 e. The van der Waals surface area contributed by atoms with Gasteiger partial charge < -0.3 is 9.80 Å². The number of hydrogen-bond donors (Lipinski definition) is 0. The Balaban J connectivity index is 1.51. The molecule has 0 spiro atoms. The molecule has 2 saturated heterocycles. The predicted molar refractivity (Wildman–Crippen MR) is 115 cm³/mol. The molecule has 1 aromatic heterocycles. The number of carbonyl (C=O) groups excluding carboxylic acids is 1. The molecule has 28 heavy (non-hydrogen) atoms. The van der Waals surface area contributed by atoms with Crippen LogP contribution in [0.2, 0.25) is 5.02 Å². The number of rotatable bonds is 3. The van der Waals surface area contributed by atoms with Gasteiger partial charge in [0.15, 0.2) is 0 Å². The second-order valence-electron chi connectivity index (χ2n) is 8.82. The number of aromatic nitrogens is 1. The van der Waals surface area contributed by atoms with Crippen molar-refractivity contribution in [2.45, 2.75) is 38.5 Å². The number of likely N-dealkylation sites (tertiary alicyclic amines) is 2. The molecule has 0 radical (unpaired) electrons. The molecule has 4 nitrogen and oxygen atoms in total. The molecule has 0 saturated carbocycles. The highest BCUT2D eigenvalue weighted by molar-refractivity contribution is 6.35. The van der Waals surface area contributed by atoms with E-state index in [1.54, 1.807) is 6.20 Å². The van der Waals surface area contributed by atoms with Crippen LogP contribution in [0.1, 0.15) is 44.1 Å². The summed E-state index contributed by atoms with van der Waals surface area (Å²) in [7, 11) is 2.17. The monoisotopic (exact) mass is 399 g/mol. The zero-order chi connectivity index (χ0) is 19.7. The summed E-state index contributed by atoms with van der Waals surface area (Å²) in [6, 6.07) is 8.16. The van der Waals surface area contributed by atoms with Crippen LogP contribution in [0.15, 0.2) is 30.5 Å². The van der Waals surface area contributed by atoms with Gasteiger partial charge in [0.2, 0.25) is 5.91 Å². The number of fused-ring (bicyclic) bond motifs is 1. The Kier molecular flexibility index (Phi) is 5.88. The molecule has 1 aromatic carbocycles. The van der Waals surface area contributed by atoms with Crippen molar-refractivity contribution < 1.29 is 4.79 Å². The third-order valence-corrected chi connectivity index (χ3v) is 6.81. The molecular formula is C23H30ClN3O. The molecule has 0 aliphatic carbocycles. The van der Waals surface area contributed by atoms with E-state index >= 15 is 0 Å². The normalized spacial score (nSPS) is 24.6. The number of benzene rings is 1. The fourth-order valence-corrected chi connectivity index (χ4v) is 5.15. The Morgan fingerprint density at radius 3 is 2.79 bits per heavy atom. The second kappa shape index (κ2) is 8.38. The van der Waals surface area contributed by atoms with Gasteiger partial charge in [-0.15, -0.1) is 0 Å². The standard InChI is InChI=1S/C23H30ClN3O/c1-16-12-18(19-5-6-21(24)23-20(19)4-3-9-25-23)15-27(14-16)22(28)13-17-7-10-26(2)11-8-17/h3-6,9,16-18H,7-8,10-15H2,1-2H3/t16-,18?/m1/s1. The Hall–Kier alpha value is -1.65. The van der Waals surface area contributed by atoms with Crippen LogP contribution >= 0.6 is 11.6 Å².